The first kappa shape index (κ1) is 9.47. The Balaban J connectivity index is 1.83. The minimum atomic E-state index is 0.572. The zero-order valence-electron chi connectivity index (χ0n) is 8.59. The van der Waals surface area contributed by atoms with E-state index in [1.807, 2.05) is 0 Å². The second kappa shape index (κ2) is 4.43. The van der Waals surface area contributed by atoms with Crippen molar-refractivity contribution < 1.29 is 4.74 Å². The normalized spacial score (nSPS) is 33.5. The standard InChI is InChI=1S/C11H21NO/c1-9(11-3-2-8-13-11)10-4-6-12-7-5-10/h9-12H,2-8H2,1H3. The lowest BCUT2D eigenvalue weighted by Crippen LogP contribution is -2.34. The van der Waals surface area contributed by atoms with E-state index < -0.39 is 0 Å². The molecule has 13 heavy (non-hydrogen) atoms. The fourth-order valence-corrected chi connectivity index (χ4v) is 2.69. The second-order valence-electron chi connectivity index (χ2n) is 4.50. The Kier molecular flexibility index (Phi) is 3.23. The van der Waals surface area contributed by atoms with Gasteiger partial charge in [0.25, 0.3) is 0 Å². The quantitative estimate of drug-likeness (QED) is 0.705. The molecule has 2 fully saturated rings. The van der Waals surface area contributed by atoms with Crippen molar-refractivity contribution in [2.75, 3.05) is 19.7 Å². The molecule has 2 rings (SSSR count). The van der Waals surface area contributed by atoms with Crippen molar-refractivity contribution in [2.45, 2.75) is 38.7 Å². The molecule has 76 valence electrons. The van der Waals surface area contributed by atoms with Gasteiger partial charge in [-0.15, -0.1) is 0 Å². The molecular formula is C11H21NO. The third-order valence-corrected chi connectivity index (χ3v) is 3.68. The van der Waals surface area contributed by atoms with Crippen LogP contribution in [0.1, 0.15) is 32.6 Å². The van der Waals surface area contributed by atoms with Crippen LogP contribution in [-0.2, 0) is 4.74 Å². The minimum absolute atomic E-state index is 0.572. The molecular weight excluding hydrogens is 162 g/mol. The summed E-state index contributed by atoms with van der Waals surface area (Å²) >= 11 is 0. The molecule has 0 radical (unpaired) electrons. The van der Waals surface area contributed by atoms with Crippen molar-refractivity contribution in [3.8, 4) is 0 Å². The van der Waals surface area contributed by atoms with Gasteiger partial charge in [0.2, 0.25) is 0 Å². The highest BCUT2D eigenvalue weighted by Gasteiger charge is 2.29. The Morgan fingerprint density at radius 1 is 1.23 bits per heavy atom. The summed E-state index contributed by atoms with van der Waals surface area (Å²) in [5, 5.41) is 3.42. The highest BCUT2D eigenvalue weighted by atomic mass is 16.5. The number of rotatable bonds is 2. The van der Waals surface area contributed by atoms with Gasteiger partial charge in [0.1, 0.15) is 0 Å². The van der Waals surface area contributed by atoms with Gasteiger partial charge in [-0.3, -0.25) is 0 Å². The maximum Gasteiger partial charge on any atom is 0.0604 e. The van der Waals surface area contributed by atoms with Crippen molar-refractivity contribution >= 4 is 0 Å². The van der Waals surface area contributed by atoms with Crippen molar-refractivity contribution in [3.63, 3.8) is 0 Å². The first-order chi connectivity index (χ1) is 6.38. The molecule has 0 spiro atoms. The zero-order valence-corrected chi connectivity index (χ0v) is 8.59. The number of hydrogen-bond donors (Lipinski definition) is 1. The minimum Gasteiger partial charge on any atom is -0.378 e. The molecule has 2 aliphatic heterocycles. The summed E-state index contributed by atoms with van der Waals surface area (Å²) < 4.78 is 5.75. The average Bonchev–Trinajstić information content (AvgIpc) is 2.71. The summed E-state index contributed by atoms with van der Waals surface area (Å²) in [7, 11) is 0. The molecule has 2 heterocycles. The Labute approximate surface area is 81.0 Å². The molecule has 0 aromatic heterocycles. The van der Waals surface area contributed by atoms with Gasteiger partial charge in [-0.25, -0.2) is 0 Å². The molecule has 2 saturated heterocycles. The smallest absolute Gasteiger partial charge is 0.0604 e. The van der Waals surface area contributed by atoms with E-state index in [0.717, 1.165) is 18.4 Å². The Bertz CT molecular complexity index is 148. The van der Waals surface area contributed by atoms with Gasteiger partial charge in [-0.1, -0.05) is 6.92 Å². The van der Waals surface area contributed by atoms with Crippen molar-refractivity contribution in [2.24, 2.45) is 11.8 Å². The second-order valence-corrected chi connectivity index (χ2v) is 4.50. The highest BCUT2D eigenvalue weighted by Crippen LogP contribution is 2.30. The van der Waals surface area contributed by atoms with E-state index in [0.29, 0.717) is 6.10 Å². The van der Waals surface area contributed by atoms with E-state index in [1.165, 1.54) is 38.8 Å². The Morgan fingerprint density at radius 3 is 2.62 bits per heavy atom. The third-order valence-electron chi connectivity index (χ3n) is 3.68. The Hall–Kier alpha value is -0.0800. The maximum absolute atomic E-state index is 5.75. The molecule has 2 nitrogen and oxygen atoms in total. The largest absolute Gasteiger partial charge is 0.378 e. The summed E-state index contributed by atoms with van der Waals surface area (Å²) in [5.74, 6) is 1.69. The molecule has 0 aromatic rings. The van der Waals surface area contributed by atoms with Gasteiger partial charge in [-0.05, 0) is 50.6 Å². The van der Waals surface area contributed by atoms with Crippen LogP contribution in [0, 0.1) is 11.8 Å². The fraction of sp³-hybridized carbons (Fsp3) is 1.00. The molecule has 1 N–H and O–H groups in total. The maximum atomic E-state index is 5.75. The van der Waals surface area contributed by atoms with Crippen molar-refractivity contribution in [3.05, 3.63) is 0 Å². The van der Waals surface area contributed by atoms with E-state index in [-0.39, 0.29) is 0 Å². The number of piperidine rings is 1. The highest BCUT2D eigenvalue weighted by molar-refractivity contribution is 4.80. The number of hydrogen-bond acceptors (Lipinski definition) is 2. The molecule has 0 amide bonds. The summed E-state index contributed by atoms with van der Waals surface area (Å²) in [6.45, 7) is 5.80. The van der Waals surface area contributed by atoms with Gasteiger partial charge in [0.15, 0.2) is 0 Å². The predicted octanol–water partition coefficient (Wildman–Crippen LogP) is 1.80. The van der Waals surface area contributed by atoms with Crippen LogP contribution in [0.3, 0.4) is 0 Å². The molecule has 0 aromatic carbocycles. The van der Waals surface area contributed by atoms with Gasteiger partial charge < -0.3 is 10.1 Å². The van der Waals surface area contributed by atoms with Crippen LogP contribution in [0.4, 0.5) is 0 Å². The van der Waals surface area contributed by atoms with E-state index in [1.54, 1.807) is 0 Å². The first-order valence-corrected chi connectivity index (χ1v) is 5.70. The molecule has 2 heteroatoms. The predicted molar refractivity (Wildman–Crippen MR) is 53.7 cm³/mol. The summed E-state index contributed by atoms with van der Waals surface area (Å²) in [4.78, 5) is 0. The Morgan fingerprint density at radius 2 is 2.00 bits per heavy atom. The molecule has 0 saturated carbocycles. The van der Waals surface area contributed by atoms with Gasteiger partial charge in [0.05, 0.1) is 6.10 Å². The summed E-state index contributed by atoms with van der Waals surface area (Å²) in [5.41, 5.74) is 0. The van der Waals surface area contributed by atoms with E-state index in [9.17, 15) is 0 Å². The summed E-state index contributed by atoms with van der Waals surface area (Å²) in [6, 6.07) is 0. The lowest BCUT2D eigenvalue weighted by molar-refractivity contribution is 0.0386. The van der Waals surface area contributed by atoms with E-state index in [4.69, 9.17) is 4.74 Å². The van der Waals surface area contributed by atoms with E-state index in [2.05, 4.69) is 12.2 Å². The van der Waals surface area contributed by atoms with Crippen molar-refractivity contribution in [1.82, 2.24) is 5.32 Å². The van der Waals surface area contributed by atoms with Crippen LogP contribution < -0.4 is 5.32 Å². The van der Waals surface area contributed by atoms with Gasteiger partial charge in [-0.2, -0.15) is 0 Å². The van der Waals surface area contributed by atoms with Crippen LogP contribution >= 0.6 is 0 Å². The topological polar surface area (TPSA) is 21.3 Å². The average molecular weight is 183 g/mol. The lowest BCUT2D eigenvalue weighted by atomic mass is 9.82. The number of ether oxygens (including phenoxy) is 1. The first-order valence-electron chi connectivity index (χ1n) is 5.70. The van der Waals surface area contributed by atoms with Crippen LogP contribution in [0.2, 0.25) is 0 Å². The SMILES string of the molecule is CC(C1CCNCC1)C1CCCO1. The van der Waals surface area contributed by atoms with Crippen LogP contribution in [0.15, 0.2) is 0 Å². The molecule has 2 unspecified atom stereocenters. The van der Waals surface area contributed by atoms with Gasteiger partial charge in [0, 0.05) is 6.61 Å². The third kappa shape index (κ3) is 2.23. The summed E-state index contributed by atoms with van der Waals surface area (Å²) in [6.07, 6.45) is 5.84. The monoisotopic (exact) mass is 183 g/mol. The number of nitrogens with one attached hydrogen (secondary N) is 1. The molecule has 0 bridgehead atoms. The lowest BCUT2D eigenvalue weighted by Gasteiger charge is -2.31. The van der Waals surface area contributed by atoms with E-state index >= 15 is 0 Å². The van der Waals surface area contributed by atoms with Crippen LogP contribution in [-0.4, -0.2) is 25.8 Å². The molecule has 0 aliphatic carbocycles. The van der Waals surface area contributed by atoms with Gasteiger partial charge >= 0.3 is 0 Å². The molecule has 2 atom stereocenters. The van der Waals surface area contributed by atoms with Crippen LogP contribution in [0.25, 0.3) is 0 Å². The fourth-order valence-electron chi connectivity index (χ4n) is 2.69. The van der Waals surface area contributed by atoms with Crippen LogP contribution in [0.5, 0.6) is 0 Å². The zero-order chi connectivity index (χ0) is 9.10. The molecule has 2 aliphatic rings. The van der Waals surface area contributed by atoms with Crippen molar-refractivity contribution in [1.29, 1.82) is 0 Å².